The summed E-state index contributed by atoms with van der Waals surface area (Å²) in [6.07, 6.45) is -0.769. The van der Waals surface area contributed by atoms with Crippen LogP contribution >= 0.6 is 0 Å². The van der Waals surface area contributed by atoms with Gasteiger partial charge in [0.05, 0.1) is 5.69 Å². The predicted molar refractivity (Wildman–Crippen MR) is 108 cm³/mol. The summed E-state index contributed by atoms with van der Waals surface area (Å²) in [5, 5.41) is 0. The van der Waals surface area contributed by atoms with E-state index in [0.717, 1.165) is 22.4 Å². The van der Waals surface area contributed by atoms with Crippen LogP contribution in [-0.4, -0.2) is 32.5 Å². The van der Waals surface area contributed by atoms with Crippen LogP contribution in [0.15, 0.2) is 60.3 Å². The quantitative estimate of drug-likeness (QED) is 0.725. The standard InChI is InChI=1S/C22H19F3N2O3/c1-14-10-11-27(15-6-8-16(9-7-15)30-22(23,24)25)12-18(14)17-4-3-5-19-21(17)26(2)20(28)13-29-19/h3-10,12H,11,13H2,1-2H3. The highest BCUT2D eigenvalue weighted by molar-refractivity contribution is 6.02. The van der Waals surface area contributed by atoms with Crippen molar-refractivity contribution >= 4 is 22.9 Å². The molecule has 0 unspecified atom stereocenters. The molecule has 1 amide bonds. The van der Waals surface area contributed by atoms with Gasteiger partial charge in [-0.1, -0.05) is 18.2 Å². The number of rotatable bonds is 3. The molecular formula is C22H19F3N2O3. The number of carbonyl (C=O) groups is 1. The molecule has 2 aromatic carbocycles. The van der Waals surface area contributed by atoms with Gasteiger partial charge in [-0.25, -0.2) is 0 Å². The van der Waals surface area contributed by atoms with Crippen LogP contribution < -0.4 is 19.3 Å². The summed E-state index contributed by atoms with van der Waals surface area (Å²) in [6, 6.07) is 11.3. The molecule has 2 aliphatic rings. The van der Waals surface area contributed by atoms with Crippen LogP contribution in [0.3, 0.4) is 0 Å². The first-order valence-corrected chi connectivity index (χ1v) is 9.27. The van der Waals surface area contributed by atoms with Crippen LogP contribution in [0.5, 0.6) is 11.5 Å². The number of amides is 1. The SMILES string of the molecule is CC1=CCN(c2ccc(OC(F)(F)F)cc2)C=C1c1cccc2c1N(C)C(=O)CO2. The van der Waals surface area contributed by atoms with E-state index < -0.39 is 6.36 Å². The summed E-state index contributed by atoms with van der Waals surface area (Å²) in [6.45, 7) is 2.54. The fourth-order valence-electron chi connectivity index (χ4n) is 3.52. The number of halogens is 3. The van der Waals surface area contributed by atoms with E-state index in [1.165, 1.54) is 12.1 Å². The fourth-order valence-corrected chi connectivity index (χ4v) is 3.52. The zero-order valence-corrected chi connectivity index (χ0v) is 16.4. The monoisotopic (exact) mass is 416 g/mol. The molecule has 2 heterocycles. The Kier molecular flexibility index (Phi) is 4.93. The normalized spacial score (nSPS) is 16.5. The van der Waals surface area contributed by atoms with Crippen molar-refractivity contribution < 1.29 is 27.4 Å². The first kappa shape index (κ1) is 19.9. The van der Waals surface area contributed by atoms with Crippen molar-refractivity contribution in [1.82, 2.24) is 0 Å². The number of benzene rings is 2. The van der Waals surface area contributed by atoms with Crippen LogP contribution in [0.25, 0.3) is 5.57 Å². The van der Waals surface area contributed by atoms with Gasteiger partial charge in [-0.15, -0.1) is 13.2 Å². The first-order chi connectivity index (χ1) is 14.2. The molecule has 8 heteroatoms. The van der Waals surface area contributed by atoms with E-state index in [9.17, 15) is 18.0 Å². The highest BCUT2D eigenvalue weighted by Crippen LogP contribution is 2.41. The maximum Gasteiger partial charge on any atom is 0.573 e. The van der Waals surface area contributed by atoms with Crippen LogP contribution in [0, 0.1) is 0 Å². The minimum Gasteiger partial charge on any atom is -0.482 e. The molecule has 0 fully saturated rings. The van der Waals surface area contributed by atoms with E-state index >= 15 is 0 Å². The van der Waals surface area contributed by atoms with Gasteiger partial charge in [-0.2, -0.15) is 0 Å². The molecule has 2 aromatic rings. The third-order valence-corrected chi connectivity index (χ3v) is 5.06. The van der Waals surface area contributed by atoms with Gasteiger partial charge in [0.25, 0.3) is 5.91 Å². The van der Waals surface area contributed by atoms with Gasteiger partial charge in [0.1, 0.15) is 11.5 Å². The van der Waals surface area contributed by atoms with Crippen molar-refractivity contribution in [3.8, 4) is 11.5 Å². The van der Waals surface area contributed by atoms with Gasteiger partial charge in [0.15, 0.2) is 6.61 Å². The highest BCUT2D eigenvalue weighted by Gasteiger charge is 2.31. The van der Waals surface area contributed by atoms with Crippen molar-refractivity contribution in [3.63, 3.8) is 0 Å². The molecule has 0 atom stereocenters. The minimum atomic E-state index is -4.72. The molecule has 0 saturated carbocycles. The third kappa shape index (κ3) is 3.85. The molecular weight excluding hydrogens is 397 g/mol. The summed E-state index contributed by atoms with van der Waals surface area (Å²) in [5.74, 6) is 0.229. The molecule has 0 aromatic heterocycles. The second-order valence-corrected chi connectivity index (χ2v) is 7.02. The topological polar surface area (TPSA) is 42.0 Å². The van der Waals surface area contributed by atoms with E-state index in [1.54, 1.807) is 24.1 Å². The van der Waals surface area contributed by atoms with E-state index in [4.69, 9.17) is 4.74 Å². The number of nitrogens with zero attached hydrogens (tertiary/aromatic N) is 2. The molecule has 5 nitrogen and oxygen atoms in total. The lowest BCUT2D eigenvalue weighted by atomic mass is 9.94. The van der Waals surface area contributed by atoms with Crippen LogP contribution in [0.1, 0.15) is 12.5 Å². The van der Waals surface area contributed by atoms with Gasteiger partial charge in [0, 0.05) is 36.6 Å². The molecule has 0 aliphatic carbocycles. The summed E-state index contributed by atoms with van der Waals surface area (Å²) in [4.78, 5) is 15.7. The zero-order valence-electron chi connectivity index (χ0n) is 16.4. The van der Waals surface area contributed by atoms with Crippen LogP contribution in [0.2, 0.25) is 0 Å². The van der Waals surface area contributed by atoms with Crippen molar-refractivity contribution in [2.24, 2.45) is 0 Å². The number of likely N-dealkylation sites (N-methyl/N-ethyl adjacent to an activating group) is 1. The molecule has 2 aliphatic heterocycles. The molecule has 0 bridgehead atoms. The fraction of sp³-hybridized carbons (Fsp3) is 0.227. The Bertz CT molecular complexity index is 1040. The Balaban J connectivity index is 1.68. The summed E-state index contributed by atoms with van der Waals surface area (Å²) in [5.41, 5.74) is 4.19. The van der Waals surface area contributed by atoms with Crippen LogP contribution in [-0.2, 0) is 4.79 Å². The highest BCUT2D eigenvalue weighted by atomic mass is 19.4. The second kappa shape index (κ2) is 7.44. The van der Waals surface area contributed by atoms with Crippen LogP contribution in [0.4, 0.5) is 24.5 Å². The molecule has 0 N–H and O–H groups in total. The van der Waals surface area contributed by atoms with Gasteiger partial charge < -0.3 is 19.3 Å². The lowest BCUT2D eigenvalue weighted by molar-refractivity contribution is -0.274. The van der Waals surface area contributed by atoms with Gasteiger partial charge in [-0.05, 0) is 42.8 Å². The zero-order chi connectivity index (χ0) is 21.5. The average molecular weight is 416 g/mol. The first-order valence-electron chi connectivity index (χ1n) is 9.27. The molecule has 30 heavy (non-hydrogen) atoms. The number of carbonyl (C=O) groups excluding carboxylic acids is 1. The van der Waals surface area contributed by atoms with Gasteiger partial charge >= 0.3 is 6.36 Å². The van der Waals surface area contributed by atoms with Crippen molar-refractivity contribution in [1.29, 1.82) is 0 Å². The number of anilines is 2. The Morgan fingerprint density at radius 3 is 2.53 bits per heavy atom. The molecule has 0 saturated heterocycles. The maximum atomic E-state index is 12.4. The number of para-hydroxylation sites is 1. The molecule has 156 valence electrons. The van der Waals surface area contributed by atoms with Gasteiger partial charge in [0.2, 0.25) is 0 Å². The lowest BCUT2D eigenvalue weighted by Gasteiger charge is -2.31. The smallest absolute Gasteiger partial charge is 0.482 e. The molecule has 0 spiro atoms. The van der Waals surface area contributed by atoms with E-state index in [2.05, 4.69) is 4.74 Å². The molecule has 4 rings (SSSR count). The van der Waals surface area contributed by atoms with E-state index in [-0.39, 0.29) is 18.3 Å². The van der Waals surface area contributed by atoms with E-state index in [1.807, 2.05) is 42.3 Å². The number of hydrogen-bond donors (Lipinski definition) is 0. The maximum absolute atomic E-state index is 12.4. The number of hydrogen-bond acceptors (Lipinski definition) is 4. The summed E-state index contributed by atoms with van der Waals surface area (Å²) >= 11 is 0. The predicted octanol–water partition coefficient (Wildman–Crippen LogP) is 4.75. The van der Waals surface area contributed by atoms with Crippen molar-refractivity contribution in [2.45, 2.75) is 13.3 Å². The Morgan fingerprint density at radius 2 is 1.83 bits per heavy atom. The van der Waals surface area contributed by atoms with Gasteiger partial charge in [-0.3, -0.25) is 4.79 Å². The third-order valence-electron chi connectivity index (χ3n) is 5.06. The number of ether oxygens (including phenoxy) is 2. The Morgan fingerprint density at radius 1 is 1.10 bits per heavy atom. The van der Waals surface area contributed by atoms with Crippen molar-refractivity contribution in [3.05, 3.63) is 65.9 Å². The summed E-state index contributed by atoms with van der Waals surface area (Å²) in [7, 11) is 1.72. The number of allylic oxidation sites excluding steroid dienone is 2. The average Bonchev–Trinajstić information content (AvgIpc) is 2.70. The number of alkyl halides is 3. The lowest BCUT2D eigenvalue weighted by Crippen LogP contribution is -2.36. The van der Waals surface area contributed by atoms with Crippen molar-refractivity contribution in [2.75, 3.05) is 30.0 Å². The van der Waals surface area contributed by atoms with E-state index in [0.29, 0.717) is 18.0 Å². The molecule has 0 radical (unpaired) electrons. The largest absolute Gasteiger partial charge is 0.573 e. The minimum absolute atomic E-state index is 0.000702. The summed E-state index contributed by atoms with van der Waals surface area (Å²) < 4.78 is 46.7. The second-order valence-electron chi connectivity index (χ2n) is 7.02. The Hall–Kier alpha value is -3.42. The number of fused-ring (bicyclic) bond motifs is 1. The Labute approximate surface area is 171 Å².